The van der Waals surface area contributed by atoms with Crippen LogP contribution in [0.5, 0.6) is 0 Å². The molecule has 366 valence electrons. The topological polar surface area (TPSA) is 78.9 Å². The quantitative estimate of drug-likeness (QED) is 0.0199. The van der Waals surface area contributed by atoms with Crippen LogP contribution in [0.4, 0.5) is 0 Å². The lowest BCUT2D eigenvalue weighted by Gasteiger charge is -2.18. The predicted octanol–water partition coefficient (Wildman–Crippen LogP) is 17.6. The van der Waals surface area contributed by atoms with Gasteiger partial charge in [0.05, 0.1) is 0 Å². The van der Waals surface area contributed by atoms with Gasteiger partial charge in [-0.25, -0.2) is 0 Å². The molecule has 0 saturated heterocycles. The zero-order valence-electron chi connectivity index (χ0n) is 41.8. The highest BCUT2D eigenvalue weighted by molar-refractivity contribution is 5.71. The maximum Gasteiger partial charge on any atom is 0.306 e. The maximum atomic E-state index is 12.8. The Hall–Kier alpha value is -3.41. The molecule has 0 aliphatic heterocycles. The Morgan fingerprint density at radius 2 is 0.688 bits per heavy atom. The SMILES string of the molecule is CC/C=C/C=C/C=C/C=C/CCCCCC(=O)OCC(COC(=O)CCCCCCCCC/C=C/CCCCCCCCCC)OC(=O)CCCCCCCCC/C=C/C/C=C/CC. The van der Waals surface area contributed by atoms with E-state index in [4.69, 9.17) is 14.2 Å². The van der Waals surface area contributed by atoms with E-state index in [1.54, 1.807) is 0 Å². The van der Waals surface area contributed by atoms with Crippen LogP contribution in [0.15, 0.2) is 85.1 Å². The summed E-state index contributed by atoms with van der Waals surface area (Å²) in [6.07, 6.45) is 67.2. The second kappa shape index (κ2) is 52.2. The van der Waals surface area contributed by atoms with Gasteiger partial charge < -0.3 is 14.2 Å². The fourth-order valence-corrected chi connectivity index (χ4v) is 7.25. The van der Waals surface area contributed by atoms with Crippen LogP contribution in [0.3, 0.4) is 0 Å². The van der Waals surface area contributed by atoms with Crippen molar-refractivity contribution >= 4 is 17.9 Å². The van der Waals surface area contributed by atoms with E-state index >= 15 is 0 Å². The number of hydrogen-bond donors (Lipinski definition) is 0. The smallest absolute Gasteiger partial charge is 0.306 e. The average molecular weight is 891 g/mol. The number of carbonyl (C=O) groups excluding carboxylic acids is 3. The van der Waals surface area contributed by atoms with Crippen molar-refractivity contribution in [1.82, 2.24) is 0 Å². The number of carbonyl (C=O) groups is 3. The van der Waals surface area contributed by atoms with Crippen molar-refractivity contribution in [2.24, 2.45) is 0 Å². The molecular formula is C58H98O6. The van der Waals surface area contributed by atoms with E-state index in [-0.39, 0.29) is 31.1 Å². The molecular weight excluding hydrogens is 793 g/mol. The summed E-state index contributed by atoms with van der Waals surface area (Å²) in [4.78, 5) is 38.0. The normalized spacial score (nSPS) is 12.7. The number of esters is 3. The van der Waals surface area contributed by atoms with Gasteiger partial charge in [0, 0.05) is 19.3 Å². The minimum atomic E-state index is -0.798. The molecule has 6 heteroatoms. The number of rotatable bonds is 47. The molecule has 0 rings (SSSR count). The van der Waals surface area contributed by atoms with Crippen LogP contribution in [0.1, 0.15) is 245 Å². The molecule has 0 bridgehead atoms. The number of unbranched alkanes of at least 4 members (excludes halogenated alkanes) is 25. The minimum absolute atomic E-state index is 0.0952. The summed E-state index contributed by atoms with van der Waals surface area (Å²) in [5.41, 5.74) is 0. The van der Waals surface area contributed by atoms with Gasteiger partial charge in [0.25, 0.3) is 0 Å². The summed E-state index contributed by atoms with van der Waals surface area (Å²) in [5, 5.41) is 0. The summed E-state index contributed by atoms with van der Waals surface area (Å²) < 4.78 is 16.8. The zero-order chi connectivity index (χ0) is 46.5. The van der Waals surface area contributed by atoms with Crippen molar-refractivity contribution in [1.29, 1.82) is 0 Å². The van der Waals surface area contributed by atoms with E-state index < -0.39 is 6.10 Å². The molecule has 1 atom stereocenters. The van der Waals surface area contributed by atoms with Gasteiger partial charge in [0.15, 0.2) is 6.10 Å². The lowest BCUT2D eigenvalue weighted by molar-refractivity contribution is -0.167. The van der Waals surface area contributed by atoms with Crippen molar-refractivity contribution in [3.63, 3.8) is 0 Å². The van der Waals surface area contributed by atoms with Crippen LogP contribution in [0.2, 0.25) is 0 Å². The fourth-order valence-electron chi connectivity index (χ4n) is 7.25. The van der Waals surface area contributed by atoms with Crippen LogP contribution in [-0.2, 0) is 28.6 Å². The Morgan fingerprint density at radius 1 is 0.344 bits per heavy atom. The Labute approximate surface area is 395 Å². The van der Waals surface area contributed by atoms with Crippen LogP contribution >= 0.6 is 0 Å². The van der Waals surface area contributed by atoms with Gasteiger partial charge in [-0.3, -0.25) is 14.4 Å². The Kier molecular flexibility index (Phi) is 49.4. The molecule has 0 spiro atoms. The van der Waals surface area contributed by atoms with Crippen molar-refractivity contribution in [2.45, 2.75) is 252 Å². The second-order valence-corrected chi connectivity index (χ2v) is 17.5. The first kappa shape index (κ1) is 60.6. The third kappa shape index (κ3) is 49.6. The first-order chi connectivity index (χ1) is 31.5. The maximum absolute atomic E-state index is 12.8. The molecule has 0 aromatic rings. The monoisotopic (exact) mass is 891 g/mol. The van der Waals surface area contributed by atoms with E-state index in [0.717, 1.165) is 89.9 Å². The van der Waals surface area contributed by atoms with Crippen molar-refractivity contribution in [3.8, 4) is 0 Å². The third-order valence-corrected chi connectivity index (χ3v) is 11.2. The van der Waals surface area contributed by atoms with Crippen LogP contribution in [-0.4, -0.2) is 37.2 Å². The van der Waals surface area contributed by atoms with Crippen molar-refractivity contribution in [3.05, 3.63) is 85.1 Å². The molecule has 0 fully saturated rings. The Bertz CT molecular complexity index is 1250. The van der Waals surface area contributed by atoms with Crippen LogP contribution in [0, 0.1) is 0 Å². The van der Waals surface area contributed by atoms with Gasteiger partial charge in [-0.05, 0) is 89.9 Å². The molecule has 64 heavy (non-hydrogen) atoms. The first-order valence-corrected chi connectivity index (χ1v) is 26.6. The van der Waals surface area contributed by atoms with E-state index in [0.29, 0.717) is 19.3 Å². The molecule has 0 aliphatic carbocycles. The Morgan fingerprint density at radius 3 is 1.16 bits per heavy atom. The first-order valence-electron chi connectivity index (χ1n) is 26.6. The summed E-state index contributed by atoms with van der Waals surface area (Å²) in [6, 6.07) is 0. The van der Waals surface area contributed by atoms with E-state index in [1.165, 1.54) is 116 Å². The highest BCUT2D eigenvalue weighted by Gasteiger charge is 2.19. The molecule has 0 heterocycles. The minimum Gasteiger partial charge on any atom is -0.462 e. The molecule has 0 radical (unpaired) electrons. The van der Waals surface area contributed by atoms with Crippen molar-refractivity contribution < 1.29 is 28.6 Å². The molecule has 0 aromatic carbocycles. The molecule has 6 nitrogen and oxygen atoms in total. The van der Waals surface area contributed by atoms with Crippen molar-refractivity contribution in [2.75, 3.05) is 13.2 Å². The van der Waals surface area contributed by atoms with Gasteiger partial charge in [-0.15, -0.1) is 0 Å². The highest BCUT2D eigenvalue weighted by atomic mass is 16.6. The molecule has 0 amide bonds. The molecule has 0 aromatic heterocycles. The molecule has 0 N–H and O–H groups in total. The predicted molar refractivity (Wildman–Crippen MR) is 274 cm³/mol. The van der Waals surface area contributed by atoms with Gasteiger partial charge in [0.1, 0.15) is 13.2 Å². The second-order valence-electron chi connectivity index (χ2n) is 17.5. The van der Waals surface area contributed by atoms with Crippen LogP contribution in [0.25, 0.3) is 0 Å². The standard InChI is InChI=1S/C58H98O6/c1-4-7-10-13-16-19-22-25-27-28-29-30-31-34-36-39-42-45-48-51-57(60)63-54-55(53-62-56(59)50-47-44-41-38-35-32-24-21-18-15-12-9-6-3)64-58(61)52-49-46-43-40-37-33-26-23-20-17-14-11-8-5-2/h8-9,11-12,15,17-18,20-21,24,28-29,32,35,55H,4-7,10,13-14,16,19,22-23,25-27,30-31,33-34,36-54H2,1-3H3/b11-8+,12-9+,18-15+,20-17+,24-21+,29-28+,35-32+. The number of hydrogen-bond acceptors (Lipinski definition) is 6. The van der Waals surface area contributed by atoms with Gasteiger partial charge >= 0.3 is 17.9 Å². The number of ether oxygens (including phenoxy) is 3. The number of allylic oxidation sites excluding steroid dienone is 14. The molecule has 0 saturated carbocycles. The van der Waals surface area contributed by atoms with E-state index in [2.05, 4.69) is 69.4 Å². The lowest BCUT2D eigenvalue weighted by Crippen LogP contribution is -2.30. The highest BCUT2D eigenvalue weighted by Crippen LogP contribution is 2.15. The van der Waals surface area contributed by atoms with Crippen LogP contribution < -0.4 is 0 Å². The third-order valence-electron chi connectivity index (χ3n) is 11.2. The molecule has 0 aliphatic rings. The average Bonchev–Trinajstić information content (AvgIpc) is 3.29. The van der Waals surface area contributed by atoms with E-state index in [9.17, 15) is 14.4 Å². The summed E-state index contributed by atoms with van der Waals surface area (Å²) in [5.74, 6) is -0.948. The fraction of sp³-hybridized carbons (Fsp3) is 0.707. The van der Waals surface area contributed by atoms with Gasteiger partial charge in [0.2, 0.25) is 0 Å². The zero-order valence-corrected chi connectivity index (χ0v) is 41.8. The summed E-state index contributed by atoms with van der Waals surface area (Å²) in [7, 11) is 0. The Balaban J connectivity index is 4.41. The van der Waals surface area contributed by atoms with E-state index in [1.807, 2.05) is 36.5 Å². The summed E-state index contributed by atoms with van der Waals surface area (Å²) >= 11 is 0. The summed E-state index contributed by atoms with van der Waals surface area (Å²) in [6.45, 7) is 6.35. The van der Waals surface area contributed by atoms with Gasteiger partial charge in [-0.2, -0.15) is 0 Å². The largest absolute Gasteiger partial charge is 0.462 e. The molecule has 1 unspecified atom stereocenters. The van der Waals surface area contributed by atoms with Gasteiger partial charge in [-0.1, -0.05) is 221 Å². The lowest BCUT2D eigenvalue weighted by atomic mass is 10.1.